The van der Waals surface area contributed by atoms with Gasteiger partial charge in [-0.2, -0.15) is 0 Å². The van der Waals surface area contributed by atoms with Crippen LogP contribution in [0.25, 0.3) is 0 Å². The number of hydrogen-bond donors (Lipinski definition) is 0. The van der Waals surface area contributed by atoms with E-state index in [1.807, 2.05) is 0 Å². The summed E-state index contributed by atoms with van der Waals surface area (Å²) in [6.07, 6.45) is 5.41. The zero-order chi connectivity index (χ0) is 9.56. The smallest absolute Gasteiger partial charge is 0.0148 e. The van der Waals surface area contributed by atoms with Crippen molar-refractivity contribution in [2.45, 2.75) is 58.2 Å². The van der Waals surface area contributed by atoms with E-state index in [-0.39, 0.29) is 0 Å². The lowest BCUT2D eigenvalue weighted by atomic mass is 10.0. The van der Waals surface area contributed by atoms with E-state index in [0.29, 0.717) is 0 Å². The molecule has 0 saturated heterocycles. The van der Waals surface area contributed by atoms with Gasteiger partial charge in [-0.25, -0.2) is 0 Å². The van der Waals surface area contributed by atoms with Crippen molar-refractivity contribution in [3.8, 4) is 0 Å². The second-order valence-electron chi connectivity index (χ2n) is 4.55. The van der Waals surface area contributed by atoms with Gasteiger partial charge in [-0.3, -0.25) is 0 Å². The third-order valence-corrected chi connectivity index (χ3v) is 2.86. The van der Waals surface area contributed by atoms with E-state index in [9.17, 15) is 0 Å². The second-order valence-corrected chi connectivity index (χ2v) is 5.85. The fourth-order valence-corrected chi connectivity index (χ4v) is 2.45. The summed E-state index contributed by atoms with van der Waals surface area (Å²) in [6, 6.07) is 0. The van der Waals surface area contributed by atoms with Crippen molar-refractivity contribution in [3.05, 3.63) is 0 Å². The molecule has 1 unspecified atom stereocenters. The second kappa shape index (κ2) is 6.94. The molecule has 0 aliphatic carbocycles. The van der Waals surface area contributed by atoms with Crippen LogP contribution in [0.5, 0.6) is 0 Å². The molecule has 0 rings (SSSR count). The summed E-state index contributed by atoms with van der Waals surface area (Å²) < 4.78 is 0. The highest BCUT2D eigenvalue weighted by molar-refractivity contribution is 9.09. The zero-order valence-electron chi connectivity index (χ0n) is 8.94. The standard InChI is InChI=1S/C11H23Br/c1-9(2)6-5-7-11(12)8-10(3)4/h9-11H,5-8H2,1-4H3. The van der Waals surface area contributed by atoms with Gasteiger partial charge in [0.1, 0.15) is 0 Å². The van der Waals surface area contributed by atoms with Crippen molar-refractivity contribution in [2.75, 3.05) is 0 Å². The fourth-order valence-electron chi connectivity index (χ4n) is 1.38. The van der Waals surface area contributed by atoms with Gasteiger partial charge in [0.2, 0.25) is 0 Å². The Bertz CT molecular complexity index is 97.2. The molecule has 0 aromatic heterocycles. The number of halogens is 1. The average Bonchev–Trinajstić information content (AvgIpc) is 1.84. The van der Waals surface area contributed by atoms with E-state index in [1.165, 1.54) is 25.7 Å². The van der Waals surface area contributed by atoms with Crippen molar-refractivity contribution in [1.29, 1.82) is 0 Å². The number of rotatable bonds is 6. The van der Waals surface area contributed by atoms with Crippen molar-refractivity contribution < 1.29 is 0 Å². The zero-order valence-corrected chi connectivity index (χ0v) is 10.5. The van der Waals surface area contributed by atoms with E-state index in [2.05, 4.69) is 43.6 Å². The van der Waals surface area contributed by atoms with Crippen LogP contribution in [0.15, 0.2) is 0 Å². The summed E-state index contributed by atoms with van der Waals surface area (Å²) in [7, 11) is 0. The first-order valence-corrected chi connectivity index (χ1v) is 6.08. The van der Waals surface area contributed by atoms with Gasteiger partial charge < -0.3 is 0 Å². The van der Waals surface area contributed by atoms with E-state index in [1.54, 1.807) is 0 Å². The Balaban J connectivity index is 3.25. The fraction of sp³-hybridized carbons (Fsp3) is 1.00. The first kappa shape index (κ1) is 12.5. The maximum absolute atomic E-state index is 3.73. The Morgan fingerprint density at radius 1 is 0.917 bits per heavy atom. The summed E-state index contributed by atoms with van der Waals surface area (Å²) in [4.78, 5) is 0.747. The molecule has 1 heteroatoms. The minimum Gasteiger partial charge on any atom is -0.0891 e. The molecule has 12 heavy (non-hydrogen) atoms. The Labute approximate surface area is 86.3 Å². The minimum absolute atomic E-state index is 0.747. The van der Waals surface area contributed by atoms with Crippen LogP contribution in [0.3, 0.4) is 0 Å². The van der Waals surface area contributed by atoms with Crippen LogP contribution in [0, 0.1) is 11.8 Å². The van der Waals surface area contributed by atoms with Crippen LogP contribution in [0.2, 0.25) is 0 Å². The van der Waals surface area contributed by atoms with Crippen molar-refractivity contribution in [1.82, 2.24) is 0 Å². The molecule has 0 saturated carbocycles. The van der Waals surface area contributed by atoms with Crippen LogP contribution in [-0.4, -0.2) is 4.83 Å². The Kier molecular flexibility index (Phi) is 7.22. The maximum Gasteiger partial charge on any atom is 0.0148 e. The molecule has 0 bridgehead atoms. The van der Waals surface area contributed by atoms with Gasteiger partial charge in [-0.05, 0) is 24.7 Å². The molecule has 1 atom stereocenters. The quantitative estimate of drug-likeness (QED) is 0.589. The van der Waals surface area contributed by atoms with Crippen LogP contribution in [-0.2, 0) is 0 Å². The highest BCUT2D eigenvalue weighted by Gasteiger charge is 2.06. The van der Waals surface area contributed by atoms with Gasteiger partial charge in [0.05, 0.1) is 0 Å². The third kappa shape index (κ3) is 8.58. The van der Waals surface area contributed by atoms with E-state index < -0.39 is 0 Å². The highest BCUT2D eigenvalue weighted by atomic mass is 79.9. The Morgan fingerprint density at radius 2 is 1.50 bits per heavy atom. The molecular weight excluding hydrogens is 212 g/mol. The van der Waals surface area contributed by atoms with E-state index in [4.69, 9.17) is 0 Å². The maximum atomic E-state index is 3.73. The summed E-state index contributed by atoms with van der Waals surface area (Å²) in [5.41, 5.74) is 0. The van der Waals surface area contributed by atoms with Gasteiger partial charge in [-0.1, -0.05) is 56.5 Å². The highest BCUT2D eigenvalue weighted by Crippen LogP contribution is 2.19. The topological polar surface area (TPSA) is 0 Å². The monoisotopic (exact) mass is 234 g/mol. The molecular formula is C11H23Br. The summed E-state index contributed by atoms with van der Waals surface area (Å²) in [5, 5.41) is 0. The van der Waals surface area contributed by atoms with Crippen molar-refractivity contribution in [2.24, 2.45) is 11.8 Å². The molecule has 0 heterocycles. The number of hydrogen-bond acceptors (Lipinski definition) is 0. The lowest BCUT2D eigenvalue weighted by molar-refractivity contribution is 0.498. The summed E-state index contributed by atoms with van der Waals surface area (Å²) in [6.45, 7) is 9.17. The van der Waals surface area contributed by atoms with Gasteiger partial charge in [0.15, 0.2) is 0 Å². The van der Waals surface area contributed by atoms with Crippen LogP contribution in [0.4, 0.5) is 0 Å². The largest absolute Gasteiger partial charge is 0.0891 e. The van der Waals surface area contributed by atoms with Gasteiger partial charge in [0, 0.05) is 4.83 Å². The molecule has 0 N–H and O–H groups in total. The normalized spacial score (nSPS) is 14.2. The number of alkyl halides is 1. The van der Waals surface area contributed by atoms with Gasteiger partial charge in [-0.15, -0.1) is 0 Å². The van der Waals surface area contributed by atoms with Crippen LogP contribution < -0.4 is 0 Å². The van der Waals surface area contributed by atoms with Gasteiger partial charge >= 0.3 is 0 Å². The van der Waals surface area contributed by atoms with Gasteiger partial charge in [0.25, 0.3) is 0 Å². The summed E-state index contributed by atoms with van der Waals surface area (Å²) >= 11 is 3.73. The summed E-state index contributed by atoms with van der Waals surface area (Å²) in [5.74, 6) is 1.69. The molecule has 0 amide bonds. The van der Waals surface area contributed by atoms with Crippen LogP contribution >= 0.6 is 15.9 Å². The van der Waals surface area contributed by atoms with Crippen molar-refractivity contribution in [3.63, 3.8) is 0 Å². The lowest BCUT2D eigenvalue weighted by Crippen LogP contribution is -2.03. The van der Waals surface area contributed by atoms with Crippen molar-refractivity contribution >= 4 is 15.9 Å². The van der Waals surface area contributed by atoms with E-state index >= 15 is 0 Å². The molecule has 0 aliphatic heterocycles. The molecule has 0 fully saturated rings. The lowest BCUT2D eigenvalue weighted by Gasteiger charge is -2.12. The first-order valence-electron chi connectivity index (χ1n) is 5.16. The molecule has 0 radical (unpaired) electrons. The molecule has 0 nitrogen and oxygen atoms in total. The predicted octanol–water partition coefficient (Wildman–Crippen LogP) is 4.62. The molecule has 0 aromatic rings. The predicted molar refractivity (Wildman–Crippen MR) is 60.9 cm³/mol. The Hall–Kier alpha value is 0.480. The average molecular weight is 235 g/mol. The molecule has 0 aliphatic rings. The Morgan fingerprint density at radius 3 is 1.92 bits per heavy atom. The molecule has 74 valence electrons. The molecule has 0 spiro atoms. The molecule has 0 aromatic carbocycles. The SMILES string of the molecule is CC(C)CCCC(Br)CC(C)C. The van der Waals surface area contributed by atoms with E-state index in [0.717, 1.165) is 16.7 Å². The van der Waals surface area contributed by atoms with Crippen LogP contribution in [0.1, 0.15) is 53.4 Å². The first-order chi connectivity index (χ1) is 5.52. The minimum atomic E-state index is 0.747. The third-order valence-electron chi connectivity index (χ3n) is 2.03.